The fraction of sp³-hybridized carbons (Fsp3) is 0.917. The van der Waals surface area contributed by atoms with Gasteiger partial charge in [0, 0.05) is 6.92 Å². The van der Waals surface area contributed by atoms with Gasteiger partial charge in [0.05, 0.1) is 0 Å². The van der Waals surface area contributed by atoms with Crippen molar-refractivity contribution in [2.24, 2.45) is 0 Å². The topological polar surface area (TPSA) is 54.0 Å². The number of carbonyl (C=O) groups excluding carboxylic acids is 1. The van der Waals surface area contributed by atoms with E-state index in [0.717, 1.165) is 0 Å². The zero-order chi connectivity index (χ0) is 17.1. The first-order chi connectivity index (χ1) is 9.04. The SMILES string of the molecule is CC(=O)OC[Si](O[Si](C)(C)C)(O[Si](C)(C)C)O[Si](C)(C)C. The lowest BCUT2D eigenvalue weighted by molar-refractivity contribution is -0.140. The molecule has 5 nitrogen and oxygen atoms in total. The van der Waals surface area contributed by atoms with E-state index in [4.69, 9.17) is 17.1 Å². The van der Waals surface area contributed by atoms with Gasteiger partial charge in [-0.3, -0.25) is 4.79 Å². The number of hydrogen-bond acceptors (Lipinski definition) is 5. The molecule has 0 heterocycles. The molecule has 0 rings (SSSR count). The van der Waals surface area contributed by atoms with Crippen LogP contribution in [0.4, 0.5) is 0 Å². The second-order valence-corrected chi connectivity index (χ2v) is 24.9. The van der Waals surface area contributed by atoms with Crippen molar-refractivity contribution in [1.82, 2.24) is 0 Å². The first kappa shape index (κ1) is 21.2. The monoisotopic (exact) mass is 368 g/mol. The highest BCUT2D eigenvalue weighted by Gasteiger charge is 2.51. The second-order valence-electron chi connectivity index (χ2n) is 8.11. The van der Waals surface area contributed by atoms with Crippen molar-refractivity contribution in [2.75, 3.05) is 6.23 Å². The summed E-state index contributed by atoms with van der Waals surface area (Å²) in [6.45, 7) is 20.3. The molecule has 0 radical (unpaired) electrons. The fourth-order valence-corrected chi connectivity index (χ4v) is 15.6. The third-order valence-electron chi connectivity index (χ3n) is 1.84. The maximum atomic E-state index is 11.3. The van der Waals surface area contributed by atoms with Crippen LogP contribution < -0.4 is 0 Å². The van der Waals surface area contributed by atoms with E-state index < -0.39 is 33.8 Å². The van der Waals surface area contributed by atoms with Crippen LogP contribution >= 0.6 is 0 Å². The van der Waals surface area contributed by atoms with Crippen LogP contribution in [0, 0.1) is 0 Å². The van der Waals surface area contributed by atoms with Gasteiger partial charge < -0.3 is 17.1 Å². The Morgan fingerprint density at radius 1 is 0.714 bits per heavy atom. The molecule has 0 aromatic heterocycles. The lowest BCUT2D eigenvalue weighted by Crippen LogP contribution is -2.63. The summed E-state index contributed by atoms with van der Waals surface area (Å²) in [5, 5.41) is 0. The van der Waals surface area contributed by atoms with Crippen LogP contribution in [-0.4, -0.2) is 46.0 Å². The Hall–Kier alpha value is 0.218. The molecule has 0 aliphatic carbocycles. The van der Waals surface area contributed by atoms with Crippen molar-refractivity contribution >= 4 is 39.7 Å². The Kier molecular flexibility index (Phi) is 7.27. The van der Waals surface area contributed by atoms with E-state index in [-0.39, 0.29) is 12.2 Å². The smallest absolute Gasteiger partial charge is 0.461 e. The van der Waals surface area contributed by atoms with Crippen molar-refractivity contribution in [3.05, 3.63) is 0 Å². The van der Waals surface area contributed by atoms with E-state index in [9.17, 15) is 4.79 Å². The molecule has 0 unspecified atom stereocenters. The van der Waals surface area contributed by atoms with Crippen LogP contribution in [0.25, 0.3) is 0 Å². The maximum Gasteiger partial charge on any atom is 0.509 e. The van der Waals surface area contributed by atoms with Crippen LogP contribution in [0.1, 0.15) is 6.92 Å². The van der Waals surface area contributed by atoms with Gasteiger partial charge in [-0.25, -0.2) is 0 Å². The maximum absolute atomic E-state index is 11.3. The summed E-state index contributed by atoms with van der Waals surface area (Å²) in [6, 6.07) is 0. The first-order valence-corrected chi connectivity index (χ1v) is 19.4. The molecule has 0 aromatic carbocycles. The Bertz CT molecular complexity index is 313. The minimum Gasteiger partial charge on any atom is -0.461 e. The van der Waals surface area contributed by atoms with Crippen molar-refractivity contribution in [3.63, 3.8) is 0 Å². The van der Waals surface area contributed by atoms with Gasteiger partial charge in [0.2, 0.25) is 0 Å². The quantitative estimate of drug-likeness (QED) is 0.484. The molecule has 0 atom stereocenters. The molecule has 0 aliphatic heterocycles. The van der Waals surface area contributed by atoms with Crippen LogP contribution in [0.2, 0.25) is 58.9 Å². The molecule has 0 aliphatic rings. The molecule has 0 fully saturated rings. The minimum atomic E-state index is -3.02. The fourth-order valence-electron chi connectivity index (χ4n) is 1.74. The van der Waals surface area contributed by atoms with E-state index in [1.807, 2.05) is 0 Å². The van der Waals surface area contributed by atoms with E-state index in [0.29, 0.717) is 0 Å². The molecule has 0 saturated heterocycles. The lowest BCUT2D eigenvalue weighted by atomic mass is 10.8. The van der Waals surface area contributed by atoms with Gasteiger partial charge >= 0.3 is 14.8 Å². The zero-order valence-corrected chi connectivity index (χ0v) is 19.2. The molecule has 0 aromatic rings. The average molecular weight is 369 g/mol. The van der Waals surface area contributed by atoms with E-state index >= 15 is 0 Å². The highest BCUT2D eigenvalue weighted by Crippen LogP contribution is 2.25. The first-order valence-electron chi connectivity index (χ1n) is 7.28. The summed E-state index contributed by atoms with van der Waals surface area (Å²) in [6.07, 6.45) is 0.112. The molecular weight excluding hydrogens is 336 g/mol. The molecular formula is C12H32O5Si4. The zero-order valence-electron chi connectivity index (χ0n) is 15.2. The summed E-state index contributed by atoms with van der Waals surface area (Å²) >= 11 is 0. The Morgan fingerprint density at radius 3 is 1.19 bits per heavy atom. The van der Waals surface area contributed by atoms with Crippen LogP contribution in [0.15, 0.2) is 0 Å². The van der Waals surface area contributed by atoms with Gasteiger partial charge in [-0.05, 0) is 58.9 Å². The van der Waals surface area contributed by atoms with Crippen molar-refractivity contribution in [1.29, 1.82) is 0 Å². The van der Waals surface area contributed by atoms with Gasteiger partial charge in [0.25, 0.3) is 0 Å². The summed E-state index contributed by atoms with van der Waals surface area (Å²) in [5.74, 6) is -0.329. The minimum absolute atomic E-state index is 0.112. The van der Waals surface area contributed by atoms with Crippen molar-refractivity contribution in [2.45, 2.75) is 65.8 Å². The van der Waals surface area contributed by atoms with Crippen LogP contribution in [0.3, 0.4) is 0 Å². The molecule has 0 spiro atoms. The summed E-state index contributed by atoms with van der Waals surface area (Å²) in [5.41, 5.74) is 0. The third-order valence-corrected chi connectivity index (χ3v) is 13.4. The van der Waals surface area contributed by atoms with E-state index in [1.54, 1.807) is 0 Å². The van der Waals surface area contributed by atoms with E-state index in [1.165, 1.54) is 6.92 Å². The Morgan fingerprint density at radius 2 is 1.00 bits per heavy atom. The molecule has 0 amide bonds. The Balaban J connectivity index is 5.51. The third kappa shape index (κ3) is 11.4. The molecule has 9 heteroatoms. The van der Waals surface area contributed by atoms with Crippen LogP contribution in [0.5, 0.6) is 0 Å². The largest absolute Gasteiger partial charge is 0.509 e. The van der Waals surface area contributed by atoms with Gasteiger partial charge in [0.15, 0.2) is 31.2 Å². The molecule has 126 valence electrons. The lowest BCUT2D eigenvalue weighted by Gasteiger charge is -2.42. The van der Waals surface area contributed by atoms with Crippen molar-refractivity contribution in [3.8, 4) is 0 Å². The predicted molar refractivity (Wildman–Crippen MR) is 95.7 cm³/mol. The molecule has 21 heavy (non-hydrogen) atoms. The van der Waals surface area contributed by atoms with Crippen molar-refractivity contribution < 1.29 is 21.9 Å². The normalized spacial score (nSPS) is 14.2. The molecule has 0 saturated carbocycles. The molecule has 0 N–H and O–H groups in total. The number of carbonyl (C=O) groups is 1. The standard InChI is InChI=1S/C12H32O5Si4/c1-12(13)14-11-21(15-18(2,3)4,16-19(5,6)7)17-20(8,9)10/h11H2,1-10H3. The van der Waals surface area contributed by atoms with Crippen LogP contribution in [-0.2, 0) is 21.9 Å². The van der Waals surface area contributed by atoms with Gasteiger partial charge in [-0.15, -0.1) is 0 Å². The summed E-state index contributed by atoms with van der Waals surface area (Å²) in [7, 11) is -8.72. The van der Waals surface area contributed by atoms with Gasteiger partial charge in [-0.2, -0.15) is 0 Å². The average Bonchev–Trinajstić information content (AvgIpc) is 2.05. The Labute approximate surface area is 134 Å². The second kappa shape index (κ2) is 7.19. The highest BCUT2D eigenvalue weighted by atomic mass is 28.5. The number of ether oxygens (including phenoxy) is 1. The number of hydrogen-bond donors (Lipinski definition) is 0. The van der Waals surface area contributed by atoms with E-state index in [2.05, 4.69) is 58.9 Å². The molecule has 0 bridgehead atoms. The predicted octanol–water partition coefficient (Wildman–Crippen LogP) is 3.58. The number of rotatable bonds is 8. The van der Waals surface area contributed by atoms with Gasteiger partial charge in [0.1, 0.15) is 0 Å². The summed E-state index contributed by atoms with van der Waals surface area (Å²) < 4.78 is 24.3. The van der Waals surface area contributed by atoms with Gasteiger partial charge in [-0.1, -0.05) is 0 Å². The number of esters is 1. The summed E-state index contributed by atoms with van der Waals surface area (Å²) in [4.78, 5) is 11.3. The highest BCUT2D eigenvalue weighted by molar-refractivity contribution is 6.90.